The number of hydrogen-bond acceptors (Lipinski definition) is 4. The van der Waals surface area contributed by atoms with Crippen molar-refractivity contribution in [3.63, 3.8) is 0 Å². The predicted molar refractivity (Wildman–Crippen MR) is 78.3 cm³/mol. The summed E-state index contributed by atoms with van der Waals surface area (Å²) in [5.74, 6) is 0.995. The molecule has 1 atom stereocenters. The van der Waals surface area contributed by atoms with Gasteiger partial charge in [-0.3, -0.25) is 9.97 Å². The van der Waals surface area contributed by atoms with Crippen molar-refractivity contribution < 1.29 is 0 Å². The Morgan fingerprint density at radius 3 is 2.60 bits per heavy atom. The molecule has 3 rings (SSSR count). The number of aromatic nitrogens is 4. The first kappa shape index (κ1) is 12.7. The fraction of sp³-hybridized carbons (Fsp3) is 0.267. The molecule has 2 heterocycles. The SMILES string of the molecule is CCNC(c1ccc2nccnc2c1)c1nccn1C. The van der Waals surface area contributed by atoms with E-state index in [1.807, 2.05) is 30.1 Å². The van der Waals surface area contributed by atoms with E-state index in [1.165, 1.54) is 0 Å². The molecule has 1 unspecified atom stereocenters. The molecule has 3 aromatic rings. The second-order valence-corrected chi connectivity index (χ2v) is 4.69. The molecule has 5 heteroatoms. The molecule has 2 aromatic heterocycles. The summed E-state index contributed by atoms with van der Waals surface area (Å²) < 4.78 is 2.04. The smallest absolute Gasteiger partial charge is 0.130 e. The second-order valence-electron chi connectivity index (χ2n) is 4.69. The average molecular weight is 267 g/mol. The Hall–Kier alpha value is -2.27. The van der Waals surface area contributed by atoms with Crippen molar-refractivity contribution in [2.24, 2.45) is 7.05 Å². The largest absolute Gasteiger partial charge is 0.336 e. The van der Waals surface area contributed by atoms with Crippen LogP contribution in [0.15, 0.2) is 43.0 Å². The third-order valence-electron chi connectivity index (χ3n) is 3.35. The fourth-order valence-corrected chi connectivity index (χ4v) is 2.38. The van der Waals surface area contributed by atoms with Crippen LogP contribution in [0, 0.1) is 0 Å². The zero-order valence-electron chi connectivity index (χ0n) is 11.6. The Labute approximate surface area is 117 Å². The maximum atomic E-state index is 4.46. The Bertz CT molecular complexity index is 719. The number of rotatable bonds is 4. The summed E-state index contributed by atoms with van der Waals surface area (Å²) in [7, 11) is 2.01. The lowest BCUT2D eigenvalue weighted by Gasteiger charge is -2.18. The van der Waals surface area contributed by atoms with E-state index in [-0.39, 0.29) is 6.04 Å². The van der Waals surface area contributed by atoms with Gasteiger partial charge in [0.15, 0.2) is 0 Å². The molecule has 0 radical (unpaired) electrons. The first-order valence-corrected chi connectivity index (χ1v) is 6.71. The van der Waals surface area contributed by atoms with Crippen LogP contribution < -0.4 is 5.32 Å². The van der Waals surface area contributed by atoms with E-state index in [0.717, 1.165) is 29.0 Å². The fourth-order valence-electron chi connectivity index (χ4n) is 2.38. The van der Waals surface area contributed by atoms with E-state index in [1.54, 1.807) is 12.4 Å². The molecule has 102 valence electrons. The number of fused-ring (bicyclic) bond motifs is 1. The summed E-state index contributed by atoms with van der Waals surface area (Å²) in [4.78, 5) is 13.1. The molecule has 0 aliphatic carbocycles. The highest BCUT2D eigenvalue weighted by atomic mass is 15.1. The van der Waals surface area contributed by atoms with Crippen LogP contribution in [0.1, 0.15) is 24.4 Å². The molecule has 1 aromatic carbocycles. The summed E-state index contributed by atoms with van der Waals surface area (Å²) in [6, 6.07) is 6.22. The van der Waals surface area contributed by atoms with Crippen LogP contribution in [0.3, 0.4) is 0 Å². The minimum Gasteiger partial charge on any atom is -0.336 e. The highest BCUT2D eigenvalue weighted by molar-refractivity contribution is 5.74. The van der Waals surface area contributed by atoms with Crippen molar-refractivity contribution in [1.82, 2.24) is 24.8 Å². The third kappa shape index (κ3) is 2.28. The number of nitrogens with one attached hydrogen (secondary N) is 1. The van der Waals surface area contributed by atoms with Gasteiger partial charge < -0.3 is 9.88 Å². The molecule has 0 aliphatic rings. The van der Waals surface area contributed by atoms with Crippen molar-refractivity contribution >= 4 is 11.0 Å². The molecule has 0 saturated carbocycles. The summed E-state index contributed by atoms with van der Waals surface area (Å²) in [6.07, 6.45) is 7.21. The standard InChI is InChI=1S/C15H17N5/c1-3-16-14(15-19-8-9-20(15)2)11-4-5-12-13(10-11)18-7-6-17-12/h4-10,14,16H,3H2,1-2H3. The maximum Gasteiger partial charge on any atom is 0.130 e. The summed E-state index contributed by atoms with van der Waals surface area (Å²) in [6.45, 7) is 2.97. The maximum absolute atomic E-state index is 4.46. The van der Waals surface area contributed by atoms with Crippen LogP contribution in [-0.2, 0) is 7.05 Å². The normalized spacial score (nSPS) is 12.7. The zero-order chi connectivity index (χ0) is 13.9. The molecule has 0 amide bonds. The predicted octanol–water partition coefficient (Wildman–Crippen LogP) is 2.06. The lowest BCUT2D eigenvalue weighted by Crippen LogP contribution is -2.24. The van der Waals surface area contributed by atoms with Gasteiger partial charge in [-0.05, 0) is 24.2 Å². The van der Waals surface area contributed by atoms with E-state index in [4.69, 9.17) is 0 Å². The van der Waals surface area contributed by atoms with Gasteiger partial charge in [0.2, 0.25) is 0 Å². The summed E-state index contributed by atoms with van der Waals surface area (Å²) in [5.41, 5.74) is 2.96. The molecule has 1 N–H and O–H groups in total. The lowest BCUT2D eigenvalue weighted by atomic mass is 10.1. The average Bonchev–Trinajstić information content (AvgIpc) is 2.90. The number of aryl methyl sites for hydroxylation is 1. The van der Waals surface area contributed by atoms with Crippen LogP contribution in [0.5, 0.6) is 0 Å². The van der Waals surface area contributed by atoms with Crippen molar-refractivity contribution in [1.29, 1.82) is 0 Å². The first-order valence-electron chi connectivity index (χ1n) is 6.71. The number of benzene rings is 1. The Morgan fingerprint density at radius 2 is 1.90 bits per heavy atom. The van der Waals surface area contributed by atoms with Crippen LogP contribution in [-0.4, -0.2) is 26.1 Å². The molecular weight excluding hydrogens is 250 g/mol. The van der Waals surface area contributed by atoms with Crippen molar-refractivity contribution in [2.75, 3.05) is 6.54 Å². The molecule has 0 aliphatic heterocycles. The molecule has 5 nitrogen and oxygen atoms in total. The minimum atomic E-state index is 0.0615. The van der Waals surface area contributed by atoms with Crippen molar-refractivity contribution in [3.8, 4) is 0 Å². The highest BCUT2D eigenvalue weighted by Crippen LogP contribution is 2.22. The minimum absolute atomic E-state index is 0.0615. The van der Waals surface area contributed by atoms with Gasteiger partial charge in [0.25, 0.3) is 0 Å². The Kier molecular flexibility index (Phi) is 3.43. The zero-order valence-corrected chi connectivity index (χ0v) is 11.6. The van der Waals surface area contributed by atoms with Crippen molar-refractivity contribution in [3.05, 3.63) is 54.4 Å². The van der Waals surface area contributed by atoms with Gasteiger partial charge in [-0.25, -0.2) is 4.98 Å². The van der Waals surface area contributed by atoms with E-state index < -0.39 is 0 Å². The molecule has 0 spiro atoms. The van der Waals surface area contributed by atoms with Gasteiger partial charge >= 0.3 is 0 Å². The third-order valence-corrected chi connectivity index (χ3v) is 3.35. The van der Waals surface area contributed by atoms with Gasteiger partial charge in [-0.2, -0.15) is 0 Å². The second kappa shape index (κ2) is 5.38. The molecule has 0 bridgehead atoms. The Morgan fingerprint density at radius 1 is 1.10 bits per heavy atom. The lowest BCUT2D eigenvalue weighted by molar-refractivity contribution is 0.577. The van der Waals surface area contributed by atoms with Crippen LogP contribution >= 0.6 is 0 Å². The van der Waals surface area contributed by atoms with Gasteiger partial charge in [-0.15, -0.1) is 0 Å². The molecular formula is C15H17N5. The van der Waals surface area contributed by atoms with Crippen molar-refractivity contribution in [2.45, 2.75) is 13.0 Å². The monoisotopic (exact) mass is 267 g/mol. The molecule has 0 fully saturated rings. The quantitative estimate of drug-likeness (QED) is 0.786. The molecule has 0 saturated heterocycles. The topological polar surface area (TPSA) is 55.6 Å². The van der Waals surface area contributed by atoms with E-state index >= 15 is 0 Å². The Balaban J connectivity index is 2.07. The number of hydrogen-bond donors (Lipinski definition) is 1. The van der Waals surface area contributed by atoms with E-state index in [2.05, 4.69) is 39.3 Å². The van der Waals surface area contributed by atoms with Gasteiger partial charge in [-0.1, -0.05) is 13.0 Å². The van der Waals surface area contributed by atoms with E-state index in [0.29, 0.717) is 0 Å². The van der Waals surface area contributed by atoms with Gasteiger partial charge in [0.1, 0.15) is 5.82 Å². The first-order chi connectivity index (χ1) is 9.79. The van der Waals surface area contributed by atoms with Gasteiger partial charge in [0, 0.05) is 31.8 Å². The molecule has 20 heavy (non-hydrogen) atoms. The van der Waals surface area contributed by atoms with Gasteiger partial charge in [0.05, 0.1) is 17.1 Å². The number of nitrogens with zero attached hydrogens (tertiary/aromatic N) is 4. The van der Waals surface area contributed by atoms with E-state index in [9.17, 15) is 0 Å². The highest BCUT2D eigenvalue weighted by Gasteiger charge is 2.17. The van der Waals surface area contributed by atoms with Crippen LogP contribution in [0.25, 0.3) is 11.0 Å². The summed E-state index contributed by atoms with van der Waals surface area (Å²) >= 11 is 0. The van der Waals surface area contributed by atoms with Crippen LogP contribution in [0.2, 0.25) is 0 Å². The summed E-state index contributed by atoms with van der Waals surface area (Å²) in [5, 5.41) is 3.48. The number of imidazole rings is 1. The van der Waals surface area contributed by atoms with Crippen LogP contribution in [0.4, 0.5) is 0 Å².